The van der Waals surface area contributed by atoms with E-state index in [9.17, 15) is 10.1 Å². The summed E-state index contributed by atoms with van der Waals surface area (Å²) in [4.78, 5) is 14.9. The van der Waals surface area contributed by atoms with Gasteiger partial charge in [0.1, 0.15) is 17.4 Å². The van der Waals surface area contributed by atoms with Crippen molar-refractivity contribution in [2.75, 3.05) is 13.1 Å². The number of hydrogen-bond donors (Lipinski definition) is 1. The zero-order valence-corrected chi connectivity index (χ0v) is 16.9. The van der Waals surface area contributed by atoms with Gasteiger partial charge in [-0.15, -0.1) is 0 Å². The highest BCUT2D eigenvalue weighted by Gasteiger charge is 2.44. The van der Waals surface area contributed by atoms with Crippen molar-refractivity contribution in [3.05, 3.63) is 17.0 Å². The first-order valence-corrected chi connectivity index (χ1v) is 9.62. The first-order chi connectivity index (χ1) is 12.6. The highest BCUT2D eigenvalue weighted by molar-refractivity contribution is 5.98. The molecule has 146 valence electrons. The monoisotopic (exact) mass is 371 g/mol. The fourth-order valence-corrected chi connectivity index (χ4v) is 4.15. The second-order valence-electron chi connectivity index (χ2n) is 9.11. The van der Waals surface area contributed by atoms with Crippen LogP contribution in [0.2, 0.25) is 0 Å². The summed E-state index contributed by atoms with van der Waals surface area (Å²) in [5.41, 5.74) is 1.29. The van der Waals surface area contributed by atoms with E-state index in [0.29, 0.717) is 37.3 Å². The van der Waals surface area contributed by atoms with E-state index in [1.807, 2.05) is 39.5 Å². The number of ether oxygens (including phenoxy) is 1. The Morgan fingerprint density at radius 1 is 1.30 bits per heavy atom. The fourth-order valence-electron chi connectivity index (χ4n) is 4.15. The molecule has 3 rings (SSSR count). The van der Waals surface area contributed by atoms with Crippen molar-refractivity contribution in [3.63, 3.8) is 0 Å². The van der Waals surface area contributed by atoms with E-state index in [1.165, 1.54) is 0 Å². The summed E-state index contributed by atoms with van der Waals surface area (Å²) in [6.07, 6.45) is 2.83. The first-order valence-electron chi connectivity index (χ1n) is 9.62. The number of aromatic nitrogens is 2. The Labute approximate surface area is 160 Å². The molecule has 2 heterocycles. The summed E-state index contributed by atoms with van der Waals surface area (Å²) in [5, 5.41) is 22.1. The number of nitrogens with one attached hydrogen (secondary N) is 1. The molecule has 2 aliphatic rings. The number of likely N-dealkylation sites (tertiary alicyclic amines) is 1. The van der Waals surface area contributed by atoms with Gasteiger partial charge < -0.3 is 9.64 Å². The van der Waals surface area contributed by atoms with E-state index >= 15 is 0 Å². The molecule has 0 bridgehead atoms. The van der Waals surface area contributed by atoms with Crippen LogP contribution in [0, 0.1) is 22.2 Å². The van der Waals surface area contributed by atoms with Crippen LogP contribution in [0.25, 0.3) is 0 Å². The SMILES string of the molecule is CC(C)n1nc(C#N)c2c1C(=O)CC1(CCN(C(=N)OC(C)(C)C)CC1)C2. The lowest BCUT2D eigenvalue weighted by Crippen LogP contribution is -2.48. The van der Waals surface area contributed by atoms with Crippen LogP contribution in [0.1, 0.15) is 81.7 Å². The molecule has 1 saturated heterocycles. The van der Waals surface area contributed by atoms with Gasteiger partial charge in [-0.3, -0.25) is 14.9 Å². The summed E-state index contributed by atoms with van der Waals surface area (Å²) < 4.78 is 7.40. The summed E-state index contributed by atoms with van der Waals surface area (Å²) in [7, 11) is 0. The zero-order valence-electron chi connectivity index (χ0n) is 16.9. The number of carbonyl (C=O) groups excluding carboxylic acids is 1. The Morgan fingerprint density at radius 2 is 1.93 bits per heavy atom. The summed E-state index contributed by atoms with van der Waals surface area (Å²) in [6.45, 7) is 11.1. The molecule has 27 heavy (non-hydrogen) atoms. The topological polar surface area (TPSA) is 95.0 Å². The smallest absolute Gasteiger partial charge is 0.284 e. The molecule has 0 atom stereocenters. The second kappa shape index (κ2) is 6.66. The van der Waals surface area contributed by atoms with Crippen LogP contribution >= 0.6 is 0 Å². The molecule has 0 aromatic carbocycles. The van der Waals surface area contributed by atoms with Crippen molar-refractivity contribution < 1.29 is 9.53 Å². The number of nitriles is 1. The Bertz CT molecular complexity index is 802. The molecule has 1 aromatic rings. The van der Waals surface area contributed by atoms with Crippen LogP contribution in [0.3, 0.4) is 0 Å². The van der Waals surface area contributed by atoms with E-state index in [-0.39, 0.29) is 23.3 Å². The molecule has 0 unspecified atom stereocenters. The predicted molar refractivity (Wildman–Crippen MR) is 102 cm³/mol. The third-order valence-corrected chi connectivity index (χ3v) is 5.47. The maximum Gasteiger partial charge on any atom is 0.284 e. The van der Waals surface area contributed by atoms with Crippen LogP contribution < -0.4 is 0 Å². The quantitative estimate of drug-likeness (QED) is 0.604. The molecule has 1 aliphatic heterocycles. The van der Waals surface area contributed by atoms with Gasteiger partial charge in [0.15, 0.2) is 11.5 Å². The maximum absolute atomic E-state index is 13.0. The number of Topliss-reactive ketones (excluding diaryl/α,β-unsaturated/α-hetero) is 1. The molecule has 7 heteroatoms. The molecule has 0 radical (unpaired) electrons. The third kappa shape index (κ3) is 3.71. The molecule has 7 nitrogen and oxygen atoms in total. The van der Waals surface area contributed by atoms with Gasteiger partial charge in [0.05, 0.1) is 0 Å². The predicted octanol–water partition coefficient (Wildman–Crippen LogP) is 3.30. The average Bonchev–Trinajstić information content (AvgIpc) is 2.92. The van der Waals surface area contributed by atoms with Gasteiger partial charge in [-0.05, 0) is 59.3 Å². The lowest BCUT2D eigenvalue weighted by Gasteiger charge is -2.44. The molecule has 1 aromatic heterocycles. The normalized spacial score (nSPS) is 19.1. The van der Waals surface area contributed by atoms with Crippen LogP contribution in [-0.2, 0) is 11.2 Å². The van der Waals surface area contributed by atoms with E-state index in [1.54, 1.807) is 4.68 Å². The maximum atomic E-state index is 13.0. The van der Waals surface area contributed by atoms with Crippen molar-refractivity contribution in [1.29, 1.82) is 10.7 Å². The molecule has 1 N–H and O–H groups in total. The average molecular weight is 371 g/mol. The van der Waals surface area contributed by atoms with E-state index in [4.69, 9.17) is 10.1 Å². The Balaban J connectivity index is 1.79. The molecule has 0 saturated carbocycles. The lowest BCUT2D eigenvalue weighted by molar-refractivity contribution is 0.0549. The minimum Gasteiger partial charge on any atom is -0.460 e. The number of ketones is 1. The molecule has 1 fully saturated rings. The van der Waals surface area contributed by atoms with Gasteiger partial charge in [0, 0.05) is 31.1 Å². The third-order valence-electron chi connectivity index (χ3n) is 5.47. The van der Waals surface area contributed by atoms with Gasteiger partial charge in [0.2, 0.25) is 0 Å². The van der Waals surface area contributed by atoms with E-state index < -0.39 is 5.60 Å². The Hall–Kier alpha value is -2.36. The highest BCUT2D eigenvalue weighted by Crippen LogP contribution is 2.44. The molecular formula is C20H29N5O2. The number of hydrogen-bond acceptors (Lipinski definition) is 5. The number of amidine groups is 1. The minimum absolute atomic E-state index is 0.0516. The number of carbonyl (C=O) groups is 1. The van der Waals surface area contributed by atoms with E-state index in [0.717, 1.165) is 18.4 Å². The summed E-state index contributed by atoms with van der Waals surface area (Å²) >= 11 is 0. The van der Waals surface area contributed by atoms with Gasteiger partial charge in [-0.25, -0.2) is 0 Å². The lowest BCUT2D eigenvalue weighted by atomic mass is 9.66. The van der Waals surface area contributed by atoms with Gasteiger partial charge in [0.25, 0.3) is 6.02 Å². The van der Waals surface area contributed by atoms with Crippen molar-refractivity contribution in [3.8, 4) is 6.07 Å². The molecule has 1 aliphatic carbocycles. The van der Waals surface area contributed by atoms with Crippen LogP contribution in [0.15, 0.2) is 0 Å². The largest absolute Gasteiger partial charge is 0.460 e. The number of piperidine rings is 1. The Kier molecular flexibility index (Phi) is 4.79. The van der Waals surface area contributed by atoms with Crippen LogP contribution in [-0.4, -0.2) is 45.2 Å². The minimum atomic E-state index is -0.394. The number of fused-ring (bicyclic) bond motifs is 1. The molecular weight excluding hydrogens is 342 g/mol. The molecule has 1 spiro atoms. The van der Waals surface area contributed by atoms with Crippen molar-refractivity contribution in [1.82, 2.24) is 14.7 Å². The summed E-state index contributed by atoms with van der Waals surface area (Å²) in [5.74, 6) is 0.0911. The Morgan fingerprint density at radius 3 is 2.44 bits per heavy atom. The first kappa shape index (κ1) is 19.4. The number of nitrogens with zero attached hydrogens (tertiary/aromatic N) is 4. The van der Waals surface area contributed by atoms with Crippen molar-refractivity contribution in [2.45, 2.75) is 71.9 Å². The molecule has 0 amide bonds. The standard InChI is InChI=1S/C20H29N5O2/c1-13(2)25-17-14(15(12-21)23-25)10-20(11-16(17)26)6-8-24(9-7-20)18(22)27-19(3,4)5/h13,22H,6-11H2,1-5H3. The zero-order chi connectivity index (χ0) is 20.0. The van der Waals surface area contributed by atoms with Crippen LogP contribution in [0.4, 0.5) is 0 Å². The second-order valence-corrected chi connectivity index (χ2v) is 9.11. The van der Waals surface area contributed by atoms with Gasteiger partial charge in [-0.2, -0.15) is 10.4 Å². The summed E-state index contributed by atoms with van der Waals surface area (Å²) in [6, 6.07) is 2.43. The fraction of sp³-hybridized carbons (Fsp3) is 0.700. The number of rotatable bonds is 1. The highest BCUT2D eigenvalue weighted by atomic mass is 16.5. The van der Waals surface area contributed by atoms with Gasteiger partial charge >= 0.3 is 0 Å². The van der Waals surface area contributed by atoms with Gasteiger partial charge in [-0.1, -0.05) is 0 Å². The van der Waals surface area contributed by atoms with Crippen molar-refractivity contribution >= 4 is 11.8 Å². The van der Waals surface area contributed by atoms with Crippen LogP contribution in [0.5, 0.6) is 0 Å². The van der Waals surface area contributed by atoms with E-state index in [2.05, 4.69) is 11.2 Å². The van der Waals surface area contributed by atoms with Crippen molar-refractivity contribution in [2.24, 2.45) is 5.41 Å².